The Kier molecular flexibility index (Phi) is 4.11. The third-order valence-corrected chi connectivity index (χ3v) is 2.81. The molecule has 6 heteroatoms. The van der Waals surface area contributed by atoms with E-state index in [4.69, 9.17) is 19.9 Å². The molecule has 104 valence electrons. The Morgan fingerprint density at radius 1 is 1.42 bits per heavy atom. The summed E-state index contributed by atoms with van der Waals surface area (Å²) >= 11 is 0. The lowest BCUT2D eigenvalue weighted by Crippen LogP contribution is -2.25. The lowest BCUT2D eigenvalue weighted by Gasteiger charge is -2.16. The first-order valence-electron chi connectivity index (χ1n) is 6.02. The van der Waals surface area contributed by atoms with E-state index in [2.05, 4.69) is 4.74 Å². The lowest BCUT2D eigenvalue weighted by molar-refractivity contribution is -0.147. The van der Waals surface area contributed by atoms with Crippen molar-refractivity contribution in [3.63, 3.8) is 0 Å². The molecule has 2 N–H and O–H groups in total. The normalized spacial score (nSPS) is 14.1. The number of nitrogens with two attached hydrogens (primary N) is 1. The maximum Gasteiger partial charge on any atom is 0.346 e. The fourth-order valence-electron chi connectivity index (χ4n) is 1.83. The molecular formula is C13H17NO5. The van der Waals surface area contributed by atoms with Gasteiger partial charge in [-0.3, -0.25) is 0 Å². The first kappa shape index (κ1) is 13.5. The molecule has 0 aliphatic carbocycles. The van der Waals surface area contributed by atoms with Gasteiger partial charge < -0.3 is 24.7 Å². The highest BCUT2D eigenvalue weighted by atomic mass is 16.7. The SMILES string of the molecule is COC(=O)C(C)Oc1cc2c(cc1CCN)OCO2. The summed E-state index contributed by atoms with van der Waals surface area (Å²) in [5, 5.41) is 0. The van der Waals surface area contributed by atoms with E-state index in [1.807, 2.05) is 6.07 Å². The Bertz CT molecular complexity index is 474. The third kappa shape index (κ3) is 2.90. The van der Waals surface area contributed by atoms with Gasteiger partial charge in [0.25, 0.3) is 0 Å². The van der Waals surface area contributed by atoms with E-state index in [1.54, 1.807) is 13.0 Å². The highest BCUT2D eigenvalue weighted by Gasteiger charge is 2.21. The first-order chi connectivity index (χ1) is 9.15. The molecule has 0 aromatic heterocycles. The molecule has 0 amide bonds. The molecule has 2 rings (SSSR count). The van der Waals surface area contributed by atoms with Crippen molar-refractivity contribution in [1.29, 1.82) is 0 Å². The van der Waals surface area contributed by atoms with E-state index in [1.165, 1.54) is 7.11 Å². The topological polar surface area (TPSA) is 80.0 Å². The van der Waals surface area contributed by atoms with Gasteiger partial charge in [-0.15, -0.1) is 0 Å². The quantitative estimate of drug-likeness (QED) is 0.797. The Balaban J connectivity index is 2.24. The van der Waals surface area contributed by atoms with Crippen LogP contribution in [-0.4, -0.2) is 32.5 Å². The van der Waals surface area contributed by atoms with Crippen molar-refractivity contribution >= 4 is 5.97 Å². The highest BCUT2D eigenvalue weighted by molar-refractivity contribution is 5.74. The van der Waals surface area contributed by atoms with Gasteiger partial charge in [-0.1, -0.05) is 0 Å². The van der Waals surface area contributed by atoms with Gasteiger partial charge in [-0.05, 0) is 31.5 Å². The molecule has 6 nitrogen and oxygen atoms in total. The van der Waals surface area contributed by atoms with E-state index in [9.17, 15) is 4.79 Å². The molecule has 19 heavy (non-hydrogen) atoms. The van der Waals surface area contributed by atoms with E-state index in [0.717, 1.165) is 5.56 Å². The fourth-order valence-corrected chi connectivity index (χ4v) is 1.83. The number of rotatable bonds is 5. The van der Waals surface area contributed by atoms with Crippen LogP contribution >= 0.6 is 0 Å². The van der Waals surface area contributed by atoms with Gasteiger partial charge in [-0.2, -0.15) is 0 Å². The van der Waals surface area contributed by atoms with Gasteiger partial charge in [0.1, 0.15) is 5.75 Å². The molecule has 1 aromatic carbocycles. The van der Waals surface area contributed by atoms with E-state index >= 15 is 0 Å². The van der Waals surface area contributed by atoms with E-state index < -0.39 is 12.1 Å². The minimum atomic E-state index is -0.693. The summed E-state index contributed by atoms with van der Waals surface area (Å²) in [5.41, 5.74) is 6.45. The second-order valence-electron chi connectivity index (χ2n) is 4.14. The van der Waals surface area contributed by atoms with Crippen LogP contribution in [0.4, 0.5) is 0 Å². The van der Waals surface area contributed by atoms with Crippen molar-refractivity contribution in [3.8, 4) is 17.2 Å². The van der Waals surface area contributed by atoms with Gasteiger partial charge in [0.05, 0.1) is 7.11 Å². The van der Waals surface area contributed by atoms with Crippen LogP contribution in [0.1, 0.15) is 12.5 Å². The second kappa shape index (κ2) is 5.79. The lowest BCUT2D eigenvalue weighted by atomic mass is 10.1. The van der Waals surface area contributed by atoms with Crippen LogP contribution in [0.2, 0.25) is 0 Å². The molecule has 1 aliphatic rings. The summed E-state index contributed by atoms with van der Waals surface area (Å²) in [6.07, 6.45) is -0.0678. The molecule has 0 bridgehead atoms. The number of benzene rings is 1. The summed E-state index contributed by atoms with van der Waals surface area (Å²) in [6, 6.07) is 3.54. The number of carbonyl (C=O) groups excluding carboxylic acids is 1. The predicted molar refractivity (Wildman–Crippen MR) is 67.4 cm³/mol. The predicted octanol–water partition coefficient (Wildman–Crippen LogP) is 0.857. The molecule has 0 spiro atoms. The van der Waals surface area contributed by atoms with Crippen LogP contribution in [0.3, 0.4) is 0 Å². The van der Waals surface area contributed by atoms with E-state index in [-0.39, 0.29) is 6.79 Å². The molecule has 0 fully saturated rings. The number of ether oxygens (including phenoxy) is 4. The highest BCUT2D eigenvalue weighted by Crippen LogP contribution is 2.38. The maximum atomic E-state index is 11.4. The molecule has 1 heterocycles. The average molecular weight is 267 g/mol. The smallest absolute Gasteiger partial charge is 0.346 e. The summed E-state index contributed by atoms with van der Waals surface area (Å²) < 4.78 is 20.8. The Morgan fingerprint density at radius 2 is 2.11 bits per heavy atom. The zero-order chi connectivity index (χ0) is 13.8. The number of hydrogen-bond acceptors (Lipinski definition) is 6. The van der Waals surface area contributed by atoms with Crippen LogP contribution in [0.25, 0.3) is 0 Å². The van der Waals surface area contributed by atoms with Gasteiger partial charge in [0.2, 0.25) is 6.79 Å². The second-order valence-corrected chi connectivity index (χ2v) is 4.14. The van der Waals surface area contributed by atoms with Crippen molar-refractivity contribution in [1.82, 2.24) is 0 Å². The largest absolute Gasteiger partial charge is 0.479 e. The standard InChI is InChI=1S/C13H17NO5/c1-8(13(15)16-2)19-10-6-12-11(17-7-18-12)5-9(10)3-4-14/h5-6,8H,3-4,7,14H2,1-2H3. The Labute approximate surface area is 111 Å². The van der Waals surface area contributed by atoms with Gasteiger partial charge in [0.15, 0.2) is 17.6 Å². The number of methoxy groups -OCH3 is 1. The molecule has 0 saturated carbocycles. The molecule has 0 radical (unpaired) electrons. The zero-order valence-corrected chi connectivity index (χ0v) is 11.0. The number of hydrogen-bond donors (Lipinski definition) is 1. The Hall–Kier alpha value is -1.95. The molecule has 1 unspecified atom stereocenters. The minimum absolute atomic E-state index is 0.188. The maximum absolute atomic E-state index is 11.4. The summed E-state index contributed by atoms with van der Waals surface area (Å²) in [5.74, 6) is 1.40. The molecular weight excluding hydrogens is 250 g/mol. The number of carbonyl (C=O) groups is 1. The van der Waals surface area contributed by atoms with Gasteiger partial charge >= 0.3 is 5.97 Å². The molecule has 1 aliphatic heterocycles. The number of esters is 1. The summed E-state index contributed by atoms with van der Waals surface area (Å²) in [4.78, 5) is 11.4. The first-order valence-corrected chi connectivity index (χ1v) is 6.02. The van der Waals surface area contributed by atoms with Crippen LogP contribution < -0.4 is 19.9 Å². The van der Waals surface area contributed by atoms with Crippen molar-refractivity contribution < 1.29 is 23.7 Å². The van der Waals surface area contributed by atoms with Crippen LogP contribution in [0, 0.1) is 0 Å². The molecule has 1 atom stereocenters. The van der Waals surface area contributed by atoms with Crippen molar-refractivity contribution in [2.75, 3.05) is 20.4 Å². The van der Waals surface area contributed by atoms with Crippen molar-refractivity contribution in [2.45, 2.75) is 19.4 Å². The molecule has 1 aromatic rings. The fraction of sp³-hybridized carbons (Fsp3) is 0.462. The Morgan fingerprint density at radius 3 is 2.74 bits per heavy atom. The van der Waals surface area contributed by atoms with Crippen LogP contribution in [0.5, 0.6) is 17.2 Å². The molecule has 0 saturated heterocycles. The van der Waals surface area contributed by atoms with E-state index in [0.29, 0.717) is 30.2 Å². The summed E-state index contributed by atoms with van der Waals surface area (Å²) in [7, 11) is 1.32. The van der Waals surface area contributed by atoms with Gasteiger partial charge in [-0.25, -0.2) is 4.79 Å². The number of fused-ring (bicyclic) bond motifs is 1. The third-order valence-electron chi connectivity index (χ3n) is 2.81. The van der Waals surface area contributed by atoms with Crippen molar-refractivity contribution in [3.05, 3.63) is 17.7 Å². The van der Waals surface area contributed by atoms with Crippen molar-refractivity contribution in [2.24, 2.45) is 5.73 Å². The monoisotopic (exact) mass is 267 g/mol. The van der Waals surface area contributed by atoms with Crippen LogP contribution in [0.15, 0.2) is 12.1 Å². The average Bonchev–Trinajstić information content (AvgIpc) is 2.85. The zero-order valence-electron chi connectivity index (χ0n) is 11.0. The summed E-state index contributed by atoms with van der Waals surface area (Å²) in [6.45, 7) is 2.29. The van der Waals surface area contributed by atoms with Gasteiger partial charge in [0, 0.05) is 6.07 Å². The van der Waals surface area contributed by atoms with Crippen LogP contribution in [-0.2, 0) is 16.0 Å². The minimum Gasteiger partial charge on any atom is -0.479 e.